The van der Waals surface area contributed by atoms with Crippen molar-refractivity contribution in [1.29, 1.82) is 0 Å². The van der Waals surface area contributed by atoms with Crippen LogP contribution in [-0.4, -0.2) is 74.8 Å². The minimum absolute atomic E-state index is 0.0357. The van der Waals surface area contributed by atoms with Crippen LogP contribution in [0.5, 0.6) is 0 Å². The Labute approximate surface area is 423 Å². The molecule has 8 heterocycles. The summed E-state index contributed by atoms with van der Waals surface area (Å²) >= 11 is 0. The molecule has 12 heteroatoms. The molecule has 2 fully saturated rings. The zero-order valence-corrected chi connectivity index (χ0v) is 42.0. The summed E-state index contributed by atoms with van der Waals surface area (Å²) < 4.78 is 40.3. The van der Waals surface area contributed by atoms with E-state index in [0.717, 1.165) is 114 Å². The highest BCUT2D eigenvalue weighted by molar-refractivity contribution is 6.08. The van der Waals surface area contributed by atoms with Gasteiger partial charge in [-0.05, 0) is 112 Å². The summed E-state index contributed by atoms with van der Waals surface area (Å²) in [6.45, 7) is 9.75. The van der Waals surface area contributed by atoms with E-state index in [4.69, 9.17) is 19.4 Å². The number of benzene rings is 4. The Hall–Kier alpha value is -6.96. The van der Waals surface area contributed by atoms with Gasteiger partial charge < -0.3 is 38.0 Å². The van der Waals surface area contributed by atoms with Crippen LogP contribution in [0.15, 0.2) is 147 Å². The molecular formula is C60H64N8O4. The molecular weight excluding hydrogens is 897 g/mol. The van der Waals surface area contributed by atoms with Crippen LogP contribution in [0.25, 0.3) is 66.4 Å². The number of aryl methyl sites for hydroxylation is 2. The zero-order valence-electron chi connectivity index (χ0n) is 44.0. The second-order valence-electron chi connectivity index (χ2n) is 20.5. The molecule has 12 rings (SSSR count). The summed E-state index contributed by atoms with van der Waals surface area (Å²) in [5.41, 5.74) is 10.5. The predicted molar refractivity (Wildman–Crippen MR) is 286 cm³/mol. The van der Waals surface area contributed by atoms with E-state index >= 15 is 0 Å². The molecule has 6 aromatic heterocycles. The maximum Gasteiger partial charge on any atom is 0.0960 e. The molecule has 368 valence electrons. The van der Waals surface area contributed by atoms with E-state index in [2.05, 4.69) is 55.5 Å². The Morgan fingerprint density at radius 1 is 0.528 bits per heavy atom. The Balaban J connectivity index is 0.000000159. The molecule has 2 aliphatic heterocycles. The van der Waals surface area contributed by atoms with Gasteiger partial charge in [-0.3, -0.25) is 9.97 Å². The van der Waals surface area contributed by atoms with Gasteiger partial charge in [0.1, 0.15) is 0 Å². The molecule has 0 spiro atoms. The summed E-state index contributed by atoms with van der Waals surface area (Å²) in [5, 5.41) is 23.7. The van der Waals surface area contributed by atoms with Gasteiger partial charge in [-0.1, -0.05) is 84.9 Å². The average molecular weight is 963 g/mol. The minimum Gasteiger partial charge on any atom is -0.386 e. The lowest BCUT2D eigenvalue weighted by molar-refractivity contribution is 0.0551. The molecule has 0 saturated carbocycles. The lowest BCUT2D eigenvalue weighted by Gasteiger charge is -2.33. The third-order valence-electron chi connectivity index (χ3n) is 14.7. The standard InChI is InChI=1S/2C30H32N4O2/c2*1-30(2,35)23-9-10-24-25(16-23)34(26-15-22(17-32-28(24)26)27-18-31-19-33(27)3)29(20-7-5-4-6-8-20)21-11-13-36-14-12-21/h2*4-10,15-19,21,29,35H,11-14H2,1-3H3/t2*29-/m10/s1/i2*29D. The molecule has 72 heavy (non-hydrogen) atoms. The van der Waals surface area contributed by atoms with Crippen molar-refractivity contribution in [3.05, 3.63) is 169 Å². The highest BCUT2D eigenvalue weighted by atomic mass is 16.5. The number of imidazole rings is 2. The van der Waals surface area contributed by atoms with Crippen LogP contribution in [0.2, 0.25) is 0 Å². The molecule has 12 nitrogen and oxygen atoms in total. The molecule has 0 amide bonds. The highest BCUT2D eigenvalue weighted by Crippen LogP contribution is 2.44. The molecule has 0 aliphatic carbocycles. The van der Waals surface area contributed by atoms with Gasteiger partial charge in [0, 0.05) is 74.8 Å². The van der Waals surface area contributed by atoms with Crippen molar-refractivity contribution in [2.75, 3.05) is 26.4 Å². The molecule has 4 aromatic carbocycles. The maximum absolute atomic E-state index is 10.9. The number of rotatable bonds is 10. The summed E-state index contributed by atoms with van der Waals surface area (Å²) in [6.07, 6.45) is 14.2. The van der Waals surface area contributed by atoms with E-state index in [0.29, 0.717) is 26.4 Å². The van der Waals surface area contributed by atoms with E-state index in [1.807, 2.05) is 121 Å². The largest absolute Gasteiger partial charge is 0.386 e. The normalized spacial score (nSPS) is 17.4. The SMILES string of the molecule is [2H][C@@](c1ccccc1)(C1CCOCC1)n1c2cc(C(C)(C)O)ccc2c2ncc(-c3cncn3C)cc21.[2H][C@](c1ccccc1)(C1CCOCC1)n1c2cc(C(C)(C)O)ccc2c2ncc(-c3cncn3C)cc21. The van der Waals surface area contributed by atoms with Crippen LogP contribution in [0.1, 0.15) is 90.4 Å². The number of aromatic nitrogens is 8. The summed E-state index contributed by atoms with van der Waals surface area (Å²) in [7, 11) is 3.94. The smallest absolute Gasteiger partial charge is 0.0960 e. The fourth-order valence-electron chi connectivity index (χ4n) is 10.8. The molecule has 0 bridgehead atoms. The number of fused-ring (bicyclic) bond motifs is 6. The number of aliphatic hydroxyl groups is 2. The van der Waals surface area contributed by atoms with Crippen LogP contribution < -0.4 is 0 Å². The lowest BCUT2D eigenvalue weighted by Crippen LogP contribution is -2.27. The van der Waals surface area contributed by atoms with Crippen molar-refractivity contribution in [2.24, 2.45) is 25.9 Å². The minimum atomic E-state index is -1.10. The molecule has 2 atom stereocenters. The van der Waals surface area contributed by atoms with E-state index in [9.17, 15) is 13.0 Å². The topological polar surface area (TPSA) is 130 Å². The first-order valence-electron chi connectivity index (χ1n) is 26.1. The number of hydrogen-bond donors (Lipinski definition) is 2. The lowest BCUT2D eigenvalue weighted by atomic mass is 9.86. The van der Waals surface area contributed by atoms with Crippen LogP contribution >= 0.6 is 0 Å². The van der Waals surface area contributed by atoms with E-state index < -0.39 is 23.2 Å². The van der Waals surface area contributed by atoms with Crippen molar-refractivity contribution in [1.82, 2.24) is 38.2 Å². The summed E-state index contributed by atoms with van der Waals surface area (Å²) in [4.78, 5) is 18.5. The van der Waals surface area contributed by atoms with Gasteiger partial charge in [0.15, 0.2) is 0 Å². The Bertz CT molecular complexity index is 3400. The monoisotopic (exact) mass is 963 g/mol. The molecule has 0 unspecified atom stereocenters. The number of ether oxygens (including phenoxy) is 2. The van der Waals surface area contributed by atoms with Gasteiger partial charge in [0.2, 0.25) is 0 Å². The average Bonchev–Trinajstić information content (AvgIpc) is 4.23. The summed E-state index contributed by atoms with van der Waals surface area (Å²) in [6, 6.07) is 34.4. The second kappa shape index (κ2) is 19.2. The van der Waals surface area contributed by atoms with Crippen LogP contribution in [-0.2, 0) is 34.8 Å². The van der Waals surface area contributed by atoms with Gasteiger partial charge >= 0.3 is 0 Å². The van der Waals surface area contributed by atoms with Crippen molar-refractivity contribution in [3.63, 3.8) is 0 Å². The Morgan fingerprint density at radius 2 is 0.917 bits per heavy atom. The first-order chi connectivity index (χ1) is 35.6. The fourth-order valence-corrected chi connectivity index (χ4v) is 10.8. The van der Waals surface area contributed by atoms with Gasteiger partial charge in [-0.15, -0.1) is 0 Å². The number of nitrogens with zero attached hydrogens (tertiary/aromatic N) is 8. The highest BCUT2D eigenvalue weighted by Gasteiger charge is 2.33. The van der Waals surface area contributed by atoms with Crippen LogP contribution in [0.4, 0.5) is 0 Å². The molecule has 10 aromatic rings. The quantitative estimate of drug-likeness (QED) is 0.139. The number of hydrogen-bond acceptors (Lipinski definition) is 8. The fraction of sp³-hybridized carbons (Fsp3) is 0.333. The Morgan fingerprint density at radius 3 is 1.26 bits per heavy atom. The number of pyridine rings is 2. The molecule has 2 N–H and O–H groups in total. The second-order valence-corrected chi connectivity index (χ2v) is 20.5. The molecule has 2 aliphatic rings. The van der Waals surface area contributed by atoms with Crippen molar-refractivity contribution >= 4 is 43.9 Å². The van der Waals surface area contributed by atoms with Crippen molar-refractivity contribution in [2.45, 2.75) is 76.6 Å². The molecule has 2 saturated heterocycles. The van der Waals surface area contributed by atoms with Crippen LogP contribution in [0.3, 0.4) is 0 Å². The Kier molecular flexibility index (Phi) is 12.0. The summed E-state index contributed by atoms with van der Waals surface area (Å²) in [5.74, 6) is 0.0715. The predicted octanol–water partition coefficient (Wildman–Crippen LogP) is 11.7. The maximum atomic E-state index is 10.9. The first kappa shape index (κ1) is 44.9. The van der Waals surface area contributed by atoms with Gasteiger partial charge in [-0.25, -0.2) is 9.97 Å². The van der Waals surface area contributed by atoms with Gasteiger partial charge in [-0.2, -0.15) is 0 Å². The van der Waals surface area contributed by atoms with E-state index in [1.165, 1.54) is 0 Å². The van der Waals surface area contributed by atoms with Gasteiger partial charge in [0.25, 0.3) is 0 Å². The third kappa shape index (κ3) is 8.91. The van der Waals surface area contributed by atoms with E-state index in [1.54, 1.807) is 40.3 Å². The molecule has 0 radical (unpaired) electrons. The zero-order chi connectivity index (χ0) is 51.6. The van der Waals surface area contributed by atoms with Gasteiger partial charge in [0.05, 0.1) is 95.5 Å². The van der Waals surface area contributed by atoms with Crippen molar-refractivity contribution in [3.8, 4) is 22.5 Å². The first-order valence-corrected chi connectivity index (χ1v) is 25.1. The third-order valence-corrected chi connectivity index (χ3v) is 14.7. The van der Waals surface area contributed by atoms with E-state index in [-0.39, 0.29) is 11.8 Å². The van der Waals surface area contributed by atoms with Crippen LogP contribution in [0, 0.1) is 11.8 Å². The van der Waals surface area contributed by atoms with Crippen molar-refractivity contribution < 1.29 is 22.4 Å².